The molecule has 0 amide bonds. The van der Waals surface area contributed by atoms with Crippen molar-refractivity contribution in [2.75, 3.05) is 0 Å². The topological polar surface area (TPSA) is 29.5 Å². The lowest BCUT2D eigenvalue weighted by Crippen LogP contribution is -1.98. The van der Waals surface area contributed by atoms with E-state index < -0.39 is 0 Å². The molecule has 2 aromatic rings. The molecule has 94 valence electrons. The summed E-state index contributed by atoms with van der Waals surface area (Å²) in [5.41, 5.74) is 1.86. The Morgan fingerprint density at radius 1 is 1.00 bits per heavy atom. The summed E-state index contributed by atoms with van der Waals surface area (Å²) < 4.78 is 7.68. The fourth-order valence-electron chi connectivity index (χ4n) is 1.60. The van der Waals surface area contributed by atoms with Gasteiger partial charge in [0.05, 0.1) is 6.61 Å². The largest absolute Gasteiger partial charge is 0.489 e. The minimum absolute atomic E-state index is 0.0345. The summed E-state index contributed by atoms with van der Waals surface area (Å²) in [5, 5.41) is 9.28. The first-order valence-electron chi connectivity index (χ1n) is 5.45. The second-order valence-corrected chi connectivity index (χ2v) is 5.66. The van der Waals surface area contributed by atoms with Gasteiger partial charge in [-0.15, -0.1) is 0 Å². The third-order valence-electron chi connectivity index (χ3n) is 2.48. The third kappa shape index (κ3) is 3.57. The molecule has 0 saturated heterocycles. The van der Waals surface area contributed by atoms with Crippen LogP contribution in [0.5, 0.6) is 5.75 Å². The molecule has 0 atom stereocenters. The smallest absolute Gasteiger partial charge is 0.125 e. The average molecular weight is 372 g/mol. The molecule has 1 N–H and O–H groups in total. The second-order valence-electron chi connectivity index (χ2n) is 3.83. The van der Waals surface area contributed by atoms with Gasteiger partial charge in [0.2, 0.25) is 0 Å². The third-order valence-corrected chi connectivity index (χ3v) is 3.46. The summed E-state index contributed by atoms with van der Waals surface area (Å²) in [7, 11) is 0. The molecular formula is C14H12Br2O2. The molecule has 0 spiro atoms. The lowest BCUT2D eigenvalue weighted by atomic mass is 10.2. The van der Waals surface area contributed by atoms with Gasteiger partial charge in [-0.2, -0.15) is 0 Å². The molecule has 2 nitrogen and oxygen atoms in total. The van der Waals surface area contributed by atoms with Crippen LogP contribution in [0.15, 0.2) is 51.4 Å². The van der Waals surface area contributed by atoms with Crippen LogP contribution in [-0.4, -0.2) is 5.11 Å². The Hall–Kier alpha value is -0.840. The summed E-state index contributed by atoms with van der Waals surface area (Å²) >= 11 is 6.79. The molecule has 4 heteroatoms. The highest BCUT2D eigenvalue weighted by Crippen LogP contribution is 2.24. The normalized spacial score (nSPS) is 10.4. The lowest BCUT2D eigenvalue weighted by Gasteiger charge is -2.10. The van der Waals surface area contributed by atoms with Crippen LogP contribution in [0.1, 0.15) is 11.1 Å². The van der Waals surface area contributed by atoms with Crippen molar-refractivity contribution >= 4 is 31.9 Å². The Kier molecular flexibility index (Phi) is 4.80. The number of hydrogen-bond donors (Lipinski definition) is 1. The number of hydrogen-bond acceptors (Lipinski definition) is 2. The summed E-state index contributed by atoms with van der Waals surface area (Å²) in [6.07, 6.45) is 0. The molecule has 0 bridgehead atoms. The first-order chi connectivity index (χ1) is 8.69. The van der Waals surface area contributed by atoms with E-state index >= 15 is 0 Å². The van der Waals surface area contributed by atoms with Gasteiger partial charge in [0.15, 0.2) is 0 Å². The molecule has 0 aliphatic heterocycles. The molecule has 0 radical (unpaired) electrons. The fourth-order valence-corrected chi connectivity index (χ4v) is 2.46. The number of benzene rings is 2. The van der Waals surface area contributed by atoms with E-state index in [-0.39, 0.29) is 6.61 Å². The Bertz CT molecular complexity index is 541. The van der Waals surface area contributed by atoms with Crippen LogP contribution in [0.2, 0.25) is 0 Å². The predicted octanol–water partition coefficient (Wildman–Crippen LogP) is 4.28. The van der Waals surface area contributed by atoms with Crippen molar-refractivity contribution < 1.29 is 9.84 Å². The Morgan fingerprint density at radius 3 is 2.50 bits per heavy atom. The Morgan fingerprint density at radius 2 is 1.78 bits per heavy atom. The summed E-state index contributed by atoms with van der Waals surface area (Å²) in [6, 6.07) is 13.6. The van der Waals surface area contributed by atoms with Crippen molar-refractivity contribution in [3.05, 3.63) is 62.5 Å². The molecule has 0 unspecified atom stereocenters. The lowest BCUT2D eigenvalue weighted by molar-refractivity contribution is 0.259. The Labute approximate surface area is 123 Å². The van der Waals surface area contributed by atoms with E-state index in [0.29, 0.717) is 12.4 Å². The highest BCUT2D eigenvalue weighted by Gasteiger charge is 2.04. The van der Waals surface area contributed by atoms with Gasteiger partial charge in [0, 0.05) is 14.5 Å². The van der Waals surface area contributed by atoms with Gasteiger partial charge in [-0.25, -0.2) is 0 Å². The maximum absolute atomic E-state index is 9.28. The van der Waals surface area contributed by atoms with Crippen molar-refractivity contribution in [2.45, 2.75) is 13.2 Å². The van der Waals surface area contributed by atoms with Crippen molar-refractivity contribution in [1.82, 2.24) is 0 Å². The van der Waals surface area contributed by atoms with E-state index in [9.17, 15) is 5.11 Å². The summed E-state index contributed by atoms with van der Waals surface area (Å²) in [4.78, 5) is 0. The number of rotatable bonds is 4. The van der Waals surface area contributed by atoms with Crippen LogP contribution in [-0.2, 0) is 13.2 Å². The predicted molar refractivity (Wildman–Crippen MR) is 78.5 cm³/mol. The second kappa shape index (κ2) is 6.36. The van der Waals surface area contributed by atoms with Crippen molar-refractivity contribution in [1.29, 1.82) is 0 Å². The monoisotopic (exact) mass is 370 g/mol. The SMILES string of the molecule is OCc1cc(Br)ccc1OCc1cccc(Br)c1. The molecule has 0 heterocycles. The average Bonchev–Trinajstić information content (AvgIpc) is 2.37. The van der Waals surface area contributed by atoms with Gasteiger partial charge in [-0.1, -0.05) is 44.0 Å². The van der Waals surface area contributed by atoms with Crippen LogP contribution < -0.4 is 4.74 Å². The zero-order valence-electron chi connectivity index (χ0n) is 9.57. The zero-order chi connectivity index (χ0) is 13.0. The molecule has 2 aromatic carbocycles. The molecule has 0 fully saturated rings. The molecule has 0 aliphatic rings. The van der Waals surface area contributed by atoms with Gasteiger partial charge >= 0.3 is 0 Å². The summed E-state index contributed by atoms with van der Waals surface area (Å²) in [5.74, 6) is 0.709. The van der Waals surface area contributed by atoms with Crippen LogP contribution in [0.3, 0.4) is 0 Å². The number of aliphatic hydroxyl groups is 1. The fraction of sp³-hybridized carbons (Fsp3) is 0.143. The zero-order valence-corrected chi connectivity index (χ0v) is 12.7. The standard InChI is InChI=1S/C14H12Br2O2/c15-12-3-1-2-10(6-12)9-18-14-5-4-13(16)7-11(14)8-17/h1-7,17H,8-9H2. The van der Waals surface area contributed by atoms with Crippen LogP contribution >= 0.6 is 31.9 Å². The molecule has 18 heavy (non-hydrogen) atoms. The molecule has 0 aromatic heterocycles. The minimum atomic E-state index is -0.0345. The number of aliphatic hydroxyl groups excluding tert-OH is 1. The van der Waals surface area contributed by atoms with Gasteiger partial charge in [0.1, 0.15) is 12.4 Å². The molecule has 0 saturated carbocycles. The van der Waals surface area contributed by atoms with Gasteiger partial charge in [0.25, 0.3) is 0 Å². The van der Waals surface area contributed by atoms with E-state index in [1.807, 2.05) is 42.5 Å². The Balaban J connectivity index is 2.10. The van der Waals surface area contributed by atoms with E-state index in [1.165, 1.54) is 0 Å². The van der Waals surface area contributed by atoms with Crippen molar-refractivity contribution in [3.8, 4) is 5.75 Å². The number of ether oxygens (including phenoxy) is 1. The van der Waals surface area contributed by atoms with Crippen LogP contribution in [0.4, 0.5) is 0 Å². The van der Waals surface area contributed by atoms with Crippen LogP contribution in [0, 0.1) is 0 Å². The van der Waals surface area contributed by atoms with E-state index in [4.69, 9.17) is 4.74 Å². The minimum Gasteiger partial charge on any atom is -0.489 e. The van der Waals surface area contributed by atoms with E-state index in [2.05, 4.69) is 31.9 Å². The first kappa shape index (κ1) is 13.6. The van der Waals surface area contributed by atoms with Crippen LogP contribution in [0.25, 0.3) is 0 Å². The van der Waals surface area contributed by atoms with E-state index in [1.54, 1.807) is 0 Å². The molecule has 2 rings (SSSR count). The first-order valence-corrected chi connectivity index (χ1v) is 7.04. The highest BCUT2D eigenvalue weighted by atomic mass is 79.9. The van der Waals surface area contributed by atoms with Crippen molar-refractivity contribution in [2.24, 2.45) is 0 Å². The quantitative estimate of drug-likeness (QED) is 0.868. The summed E-state index contributed by atoms with van der Waals surface area (Å²) in [6.45, 7) is 0.446. The molecular weight excluding hydrogens is 360 g/mol. The van der Waals surface area contributed by atoms with E-state index in [0.717, 1.165) is 20.1 Å². The highest BCUT2D eigenvalue weighted by molar-refractivity contribution is 9.10. The molecule has 0 aliphatic carbocycles. The van der Waals surface area contributed by atoms with Gasteiger partial charge < -0.3 is 9.84 Å². The maximum Gasteiger partial charge on any atom is 0.125 e. The maximum atomic E-state index is 9.28. The van der Waals surface area contributed by atoms with Crippen molar-refractivity contribution in [3.63, 3.8) is 0 Å². The number of halogens is 2. The van der Waals surface area contributed by atoms with Gasteiger partial charge in [-0.3, -0.25) is 0 Å². The van der Waals surface area contributed by atoms with Gasteiger partial charge in [-0.05, 0) is 35.9 Å².